The molecule has 1 rings (SSSR count). The highest BCUT2D eigenvalue weighted by Gasteiger charge is 1.90. The summed E-state index contributed by atoms with van der Waals surface area (Å²) in [5, 5.41) is 19.1. The van der Waals surface area contributed by atoms with Crippen molar-refractivity contribution >= 4 is 0 Å². The Hall–Kier alpha value is -1.02. The maximum Gasteiger partial charge on any atom is 0.178 e. The Bertz CT molecular complexity index is 196. The van der Waals surface area contributed by atoms with E-state index < -0.39 is 0 Å². The Balaban J connectivity index is 2.94. The normalized spacial score (nSPS) is 9.44. The van der Waals surface area contributed by atoms with Gasteiger partial charge in [-0.2, -0.15) is 0 Å². The molecule has 0 fully saturated rings. The molecule has 1 N–H and O–H groups in total. The second-order valence-corrected chi connectivity index (χ2v) is 1.81. The first-order chi connectivity index (χ1) is 4.33. The van der Waals surface area contributed by atoms with Crippen LogP contribution in [0.5, 0.6) is 5.75 Å². The second-order valence-electron chi connectivity index (χ2n) is 1.81. The highest BCUT2D eigenvalue weighted by molar-refractivity contribution is 5.26. The van der Waals surface area contributed by atoms with Crippen molar-refractivity contribution in [2.75, 3.05) is 0 Å². The van der Waals surface area contributed by atoms with Crippen LogP contribution < -0.4 is 0 Å². The zero-order chi connectivity index (χ0) is 6.69. The molecule has 0 aliphatic carbocycles. The van der Waals surface area contributed by atoms with Gasteiger partial charge in [0.05, 0.1) is 6.61 Å². The maximum atomic E-state index is 10.5. The average molecular weight is 123 g/mol. The van der Waals surface area contributed by atoms with E-state index in [1.165, 1.54) is 12.1 Å². The molecule has 0 aromatic heterocycles. The van der Waals surface area contributed by atoms with E-state index >= 15 is 0 Å². The fourth-order valence-electron chi connectivity index (χ4n) is 0.644. The molecule has 0 heterocycles. The monoisotopic (exact) mass is 123 g/mol. The summed E-state index contributed by atoms with van der Waals surface area (Å²) >= 11 is 0. The molecule has 0 saturated heterocycles. The van der Waals surface area contributed by atoms with Crippen LogP contribution in [0.4, 0.5) is 0 Å². The summed E-state index contributed by atoms with van der Waals surface area (Å²) < 4.78 is 0. The lowest BCUT2D eigenvalue weighted by Gasteiger charge is -1.91. The molecule has 47 valence electrons. The number of hydrogen-bond donors (Lipinski definition) is 1. The average Bonchev–Trinajstić information content (AvgIpc) is 1.88. The molecular formula is C7H7O2. The molecule has 2 nitrogen and oxygen atoms in total. The zero-order valence-electron chi connectivity index (χ0n) is 4.87. The lowest BCUT2D eigenvalue weighted by atomic mass is 10.2. The minimum absolute atomic E-state index is 0.0541. The van der Waals surface area contributed by atoms with Gasteiger partial charge in [0, 0.05) is 0 Å². The molecule has 9 heavy (non-hydrogen) atoms. The van der Waals surface area contributed by atoms with E-state index in [0.717, 1.165) is 0 Å². The third kappa shape index (κ3) is 1.44. The second kappa shape index (κ2) is 2.51. The van der Waals surface area contributed by atoms with Gasteiger partial charge in [-0.1, -0.05) is 12.1 Å². The molecule has 1 radical (unpaired) electrons. The summed E-state index contributed by atoms with van der Waals surface area (Å²) in [7, 11) is 0. The van der Waals surface area contributed by atoms with Crippen molar-refractivity contribution in [1.29, 1.82) is 0 Å². The van der Waals surface area contributed by atoms with Gasteiger partial charge in [-0.15, -0.1) is 0 Å². The van der Waals surface area contributed by atoms with Gasteiger partial charge < -0.3 is 5.11 Å². The van der Waals surface area contributed by atoms with E-state index in [2.05, 4.69) is 0 Å². The first-order valence-electron chi connectivity index (χ1n) is 2.70. The number of hydrogen-bond acceptors (Lipinski definition) is 1. The smallest absolute Gasteiger partial charge is 0.178 e. The standard InChI is InChI=1S/C7H7O2/c8-5-6-2-1-3-7(9)4-6/h1-4,8H,5H2. The minimum atomic E-state index is -0.0594. The van der Waals surface area contributed by atoms with Crippen LogP contribution in [0.25, 0.3) is 0 Å². The van der Waals surface area contributed by atoms with Gasteiger partial charge in [0.1, 0.15) is 0 Å². The van der Waals surface area contributed by atoms with Gasteiger partial charge in [-0.05, 0) is 17.7 Å². The van der Waals surface area contributed by atoms with Crippen LogP contribution in [0.3, 0.4) is 0 Å². The third-order valence-corrected chi connectivity index (χ3v) is 1.08. The fraction of sp³-hybridized carbons (Fsp3) is 0.143. The van der Waals surface area contributed by atoms with Gasteiger partial charge >= 0.3 is 0 Å². The van der Waals surface area contributed by atoms with E-state index in [9.17, 15) is 5.11 Å². The van der Waals surface area contributed by atoms with Crippen molar-refractivity contribution in [3.8, 4) is 5.75 Å². The molecule has 1 aromatic carbocycles. The number of benzene rings is 1. The van der Waals surface area contributed by atoms with E-state index in [1.54, 1.807) is 12.1 Å². The first kappa shape index (κ1) is 6.11. The number of rotatable bonds is 1. The van der Waals surface area contributed by atoms with Crippen LogP contribution in [-0.4, -0.2) is 5.11 Å². The Labute approximate surface area is 53.4 Å². The van der Waals surface area contributed by atoms with Crippen LogP contribution in [0.1, 0.15) is 5.56 Å². The quantitative estimate of drug-likeness (QED) is 0.601. The first-order valence-corrected chi connectivity index (χ1v) is 2.70. The Morgan fingerprint density at radius 3 is 2.67 bits per heavy atom. The summed E-state index contributed by atoms with van der Waals surface area (Å²) in [4.78, 5) is 0. The number of aliphatic hydroxyl groups is 1. The Morgan fingerprint density at radius 2 is 2.22 bits per heavy atom. The summed E-state index contributed by atoms with van der Waals surface area (Å²) in [5.74, 6) is -0.0541. The molecular weight excluding hydrogens is 116 g/mol. The van der Waals surface area contributed by atoms with Crippen molar-refractivity contribution in [2.24, 2.45) is 0 Å². The van der Waals surface area contributed by atoms with Crippen molar-refractivity contribution < 1.29 is 10.2 Å². The summed E-state index contributed by atoms with van der Waals surface area (Å²) in [6.45, 7) is -0.0594. The van der Waals surface area contributed by atoms with Crippen LogP contribution in [0.15, 0.2) is 24.3 Å². The fourth-order valence-corrected chi connectivity index (χ4v) is 0.644. The van der Waals surface area contributed by atoms with Crippen molar-refractivity contribution in [3.05, 3.63) is 29.8 Å². The lowest BCUT2D eigenvalue weighted by Crippen LogP contribution is -1.78. The zero-order valence-corrected chi connectivity index (χ0v) is 4.87. The summed E-state index contributed by atoms with van der Waals surface area (Å²) in [5.41, 5.74) is 0.669. The van der Waals surface area contributed by atoms with E-state index in [0.29, 0.717) is 5.56 Å². The highest BCUT2D eigenvalue weighted by Crippen LogP contribution is 2.10. The van der Waals surface area contributed by atoms with Crippen LogP contribution >= 0.6 is 0 Å². The maximum absolute atomic E-state index is 10.5. The third-order valence-electron chi connectivity index (χ3n) is 1.08. The Kier molecular flexibility index (Phi) is 1.70. The molecule has 0 saturated carbocycles. The predicted molar refractivity (Wildman–Crippen MR) is 32.5 cm³/mol. The van der Waals surface area contributed by atoms with Gasteiger partial charge in [-0.3, -0.25) is 5.11 Å². The predicted octanol–water partition coefficient (Wildman–Crippen LogP) is 1.32. The molecule has 0 aliphatic rings. The minimum Gasteiger partial charge on any atom is -0.392 e. The van der Waals surface area contributed by atoms with Gasteiger partial charge in [-0.25, -0.2) is 0 Å². The molecule has 2 heteroatoms. The SMILES string of the molecule is [O]c1cccc(CO)c1. The van der Waals surface area contributed by atoms with Crippen molar-refractivity contribution in [3.63, 3.8) is 0 Å². The Morgan fingerprint density at radius 1 is 1.44 bits per heavy atom. The molecule has 0 amide bonds. The van der Waals surface area contributed by atoms with Crippen molar-refractivity contribution in [1.82, 2.24) is 0 Å². The number of aliphatic hydroxyl groups excluding tert-OH is 1. The molecule has 0 spiro atoms. The summed E-state index contributed by atoms with van der Waals surface area (Å²) in [6.07, 6.45) is 0. The molecule has 0 aliphatic heterocycles. The highest BCUT2D eigenvalue weighted by atomic mass is 16.3. The van der Waals surface area contributed by atoms with Crippen LogP contribution in [0.2, 0.25) is 0 Å². The van der Waals surface area contributed by atoms with Gasteiger partial charge in [0.2, 0.25) is 0 Å². The topological polar surface area (TPSA) is 40.1 Å². The largest absolute Gasteiger partial charge is 0.392 e. The molecule has 0 bridgehead atoms. The van der Waals surface area contributed by atoms with E-state index in [1.807, 2.05) is 0 Å². The van der Waals surface area contributed by atoms with Crippen LogP contribution in [-0.2, 0) is 11.7 Å². The van der Waals surface area contributed by atoms with E-state index in [-0.39, 0.29) is 12.4 Å². The van der Waals surface area contributed by atoms with Crippen LogP contribution in [0, 0.1) is 0 Å². The molecule has 0 unspecified atom stereocenters. The lowest BCUT2D eigenvalue weighted by molar-refractivity contribution is 0.280. The molecule has 1 aromatic rings. The summed E-state index contributed by atoms with van der Waals surface area (Å²) in [6, 6.07) is 6.22. The van der Waals surface area contributed by atoms with Crippen molar-refractivity contribution in [2.45, 2.75) is 6.61 Å². The van der Waals surface area contributed by atoms with Gasteiger partial charge in [0.15, 0.2) is 5.75 Å². The van der Waals surface area contributed by atoms with Gasteiger partial charge in [0.25, 0.3) is 0 Å². The van der Waals surface area contributed by atoms with E-state index in [4.69, 9.17) is 5.11 Å². The molecule has 0 atom stereocenters.